The van der Waals surface area contributed by atoms with E-state index < -0.39 is 0 Å². The fourth-order valence-corrected chi connectivity index (χ4v) is 2.73. The molecule has 108 valence electrons. The van der Waals surface area contributed by atoms with Crippen molar-refractivity contribution in [1.82, 2.24) is 10.2 Å². The van der Waals surface area contributed by atoms with Crippen molar-refractivity contribution in [3.05, 3.63) is 36.2 Å². The summed E-state index contributed by atoms with van der Waals surface area (Å²) >= 11 is 0. The fraction of sp³-hybridized carbons (Fsp3) is 0.500. The van der Waals surface area contributed by atoms with Gasteiger partial charge in [-0.3, -0.25) is 0 Å². The third-order valence-electron chi connectivity index (χ3n) is 3.05. The maximum Gasteiger partial charge on any atom is 0.247 e. The van der Waals surface area contributed by atoms with E-state index in [0.29, 0.717) is 11.8 Å². The Kier molecular flexibility index (Phi) is 3.95. The Labute approximate surface area is 120 Å². The molecule has 0 aliphatic rings. The van der Waals surface area contributed by atoms with Gasteiger partial charge in [-0.25, -0.2) is 0 Å². The van der Waals surface area contributed by atoms with Crippen LogP contribution in [0.5, 0.6) is 0 Å². The SMILES string of the molecule is CC(C)(N)CC(C)(C)Cc1nnc(-c2ccccc2)o1. The molecule has 2 N–H and O–H groups in total. The summed E-state index contributed by atoms with van der Waals surface area (Å²) in [7, 11) is 0. The number of nitrogens with two attached hydrogens (primary N) is 1. The lowest BCUT2D eigenvalue weighted by Crippen LogP contribution is -2.38. The van der Waals surface area contributed by atoms with Gasteiger partial charge in [0.05, 0.1) is 0 Å². The number of hydrogen-bond donors (Lipinski definition) is 1. The average Bonchev–Trinajstić information content (AvgIpc) is 2.74. The summed E-state index contributed by atoms with van der Waals surface area (Å²) in [6.45, 7) is 8.43. The third-order valence-corrected chi connectivity index (χ3v) is 3.05. The number of aromatic nitrogens is 2. The topological polar surface area (TPSA) is 64.9 Å². The Bertz CT molecular complexity index is 553. The van der Waals surface area contributed by atoms with Gasteiger partial charge in [0, 0.05) is 17.5 Å². The van der Waals surface area contributed by atoms with Crippen LogP contribution in [0.3, 0.4) is 0 Å². The lowest BCUT2D eigenvalue weighted by Gasteiger charge is -2.31. The van der Waals surface area contributed by atoms with Crippen LogP contribution in [-0.2, 0) is 6.42 Å². The number of benzene rings is 1. The highest BCUT2D eigenvalue weighted by Gasteiger charge is 2.28. The minimum absolute atomic E-state index is 0.0265. The summed E-state index contributed by atoms with van der Waals surface area (Å²) in [5.41, 5.74) is 6.88. The molecule has 0 unspecified atom stereocenters. The van der Waals surface area contributed by atoms with Crippen molar-refractivity contribution < 1.29 is 4.42 Å². The monoisotopic (exact) mass is 273 g/mol. The maximum absolute atomic E-state index is 6.10. The minimum Gasteiger partial charge on any atom is -0.421 e. The first-order valence-electron chi connectivity index (χ1n) is 6.92. The summed E-state index contributed by atoms with van der Waals surface area (Å²) in [6, 6.07) is 9.81. The Hall–Kier alpha value is -1.68. The molecule has 0 aliphatic heterocycles. The molecule has 0 radical (unpaired) electrons. The Morgan fingerprint density at radius 2 is 1.70 bits per heavy atom. The zero-order valence-corrected chi connectivity index (χ0v) is 12.7. The molecule has 1 heterocycles. The number of rotatable bonds is 5. The molecule has 0 saturated carbocycles. The maximum atomic E-state index is 6.10. The van der Waals surface area contributed by atoms with E-state index in [2.05, 4.69) is 24.0 Å². The summed E-state index contributed by atoms with van der Waals surface area (Å²) in [5.74, 6) is 1.24. The van der Waals surface area contributed by atoms with Crippen molar-refractivity contribution in [2.45, 2.75) is 46.1 Å². The molecular formula is C16H23N3O. The fourth-order valence-electron chi connectivity index (χ4n) is 2.73. The summed E-state index contributed by atoms with van der Waals surface area (Å²) < 4.78 is 5.76. The van der Waals surface area contributed by atoms with Crippen LogP contribution in [0.25, 0.3) is 11.5 Å². The van der Waals surface area contributed by atoms with Crippen molar-refractivity contribution in [1.29, 1.82) is 0 Å². The molecule has 0 aliphatic carbocycles. The smallest absolute Gasteiger partial charge is 0.247 e. The second-order valence-electron chi connectivity index (χ2n) is 6.87. The molecule has 4 heteroatoms. The van der Waals surface area contributed by atoms with E-state index in [4.69, 9.17) is 10.2 Å². The van der Waals surface area contributed by atoms with Gasteiger partial charge in [0.15, 0.2) is 0 Å². The van der Waals surface area contributed by atoms with Crippen molar-refractivity contribution in [3.63, 3.8) is 0 Å². The minimum atomic E-state index is -0.203. The van der Waals surface area contributed by atoms with Crippen LogP contribution in [0, 0.1) is 5.41 Å². The normalized spacial score (nSPS) is 12.7. The van der Waals surface area contributed by atoms with E-state index in [1.807, 2.05) is 44.2 Å². The highest BCUT2D eigenvalue weighted by Crippen LogP contribution is 2.31. The molecule has 4 nitrogen and oxygen atoms in total. The van der Waals surface area contributed by atoms with E-state index in [1.165, 1.54) is 0 Å². The first-order valence-corrected chi connectivity index (χ1v) is 6.92. The molecule has 0 saturated heterocycles. The summed E-state index contributed by atoms with van der Waals surface area (Å²) in [6.07, 6.45) is 1.62. The highest BCUT2D eigenvalue weighted by atomic mass is 16.4. The summed E-state index contributed by atoms with van der Waals surface area (Å²) in [4.78, 5) is 0. The van der Waals surface area contributed by atoms with Crippen LogP contribution < -0.4 is 5.73 Å². The van der Waals surface area contributed by atoms with Gasteiger partial charge in [-0.1, -0.05) is 32.0 Å². The highest BCUT2D eigenvalue weighted by molar-refractivity contribution is 5.51. The summed E-state index contributed by atoms with van der Waals surface area (Å²) in [5, 5.41) is 8.27. The molecule has 0 amide bonds. The van der Waals surface area contributed by atoms with Gasteiger partial charge in [0.2, 0.25) is 11.8 Å². The molecule has 2 rings (SSSR count). The van der Waals surface area contributed by atoms with E-state index >= 15 is 0 Å². The number of hydrogen-bond acceptors (Lipinski definition) is 4. The van der Waals surface area contributed by atoms with Crippen molar-refractivity contribution >= 4 is 0 Å². The van der Waals surface area contributed by atoms with Crippen molar-refractivity contribution in [2.24, 2.45) is 11.1 Å². The second-order valence-corrected chi connectivity index (χ2v) is 6.87. The number of nitrogens with zero attached hydrogens (tertiary/aromatic N) is 2. The molecule has 0 atom stereocenters. The van der Waals surface area contributed by atoms with Crippen LogP contribution in [0.1, 0.15) is 40.0 Å². The molecule has 1 aromatic heterocycles. The quantitative estimate of drug-likeness (QED) is 0.906. The lowest BCUT2D eigenvalue weighted by atomic mass is 9.78. The second kappa shape index (κ2) is 5.37. The Morgan fingerprint density at radius 1 is 1.05 bits per heavy atom. The molecule has 2 aromatic rings. The van der Waals surface area contributed by atoms with E-state index in [1.54, 1.807) is 0 Å². The molecule has 0 spiro atoms. The Balaban J connectivity index is 2.10. The van der Waals surface area contributed by atoms with Crippen molar-refractivity contribution in [2.75, 3.05) is 0 Å². The van der Waals surface area contributed by atoms with Crippen LogP contribution in [0.15, 0.2) is 34.7 Å². The Morgan fingerprint density at radius 3 is 2.30 bits per heavy atom. The van der Waals surface area contributed by atoms with Crippen LogP contribution in [0.4, 0.5) is 0 Å². The zero-order valence-electron chi connectivity index (χ0n) is 12.7. The van der Waals surface area contributed by atoms with E-state index in [-0.39, 0.29) is 11.0 Å². The van der Waals surface area contributed by atoms with E-state index in [9.17, 15) is 0 Å². The van der Waals surface area contributed by atoms with Gasteiger partial charge in [-0.2, -0.15) is 0 Å². The third kappa shape index (κ3) is 4.17. The lowest BCUT2D eigenvalue weighted by molar-refractivity contribution is 0.240. The first kappa shape index (κ1) is 14.7. The van der Waals surface area contributed by atoms with Crippen LogP contribution in [-0.4, -0.2) is 15.7 Å². The first-order chi connectivity index (χ1) is 9.25. The molecule has 1 aromatic carbocycles. The van der Waals surface area contributed by atoms with Gasteiger partial charge < -0.3 is 10.2 Å². The van der Waals surface area contributed by atoms with Gasteiger partial charge >= 0.3 is 0 Å². The van der Waals surface area contributed by atoms with Gasteiger partial charge in [-0.15, -0.1) is 10.2 Å². The molecular weight excluding hydrogens is 250 g/mol. The largest absolute Gasteiger partial charge is 0.421 e. The van der Waals surface area contributed by atoms with Gasteiger partial charge in [0.1, 0.15) is 0 Å². The zero-order chi connectivity index (χ0) is 14.8. The van der Waals surface area contributed by atoms with Gasteiger partial charge in [0.25, 0.3) is 0 Å². The predicted molar refractivity (Wildman–Crippen MR) is 80.1 cm³/mol. The molecule has 0 fully saturated rings. The standard InChI is InChI=1S/C16H23N3O/c1-15(2,11-16(3,4)17)10-13-18-19-14(20-13)12-8-6-5-7-9-12/h5-9H,10-11,17H2,1-4H3. The van der Waals surface area contributed by atoms with Gasteiger partial charge in [-0.05, 0) is 37.8 Å². The average molecular weight is 273 g/mol. The molecule has 0 bridgehead atoms. The van der Waals surface area contributed by atoms with Crippen LogP contribution >= 0.6 is 0 Å². The molecule has 20 heavy (non-hydrogen) atoms. The van der Waals surface area contributed by atoms with Crippen LogP contribution in [0.2, 0.25) is 0 Å². The predicted octanol–water partition coefficient (Wildman–Crippen LogP) is 3.43. The van der Waals surface area contributed by atoms with Crippen molar-refractivity contribution in [3.8, 4) is 11.5 Å². The van der Waals surface area contributed by atoms with E-state index in [0.717, 1.165) is 18.4 Å².